The SMILES string of the molecule is ClCC1CCN(CCOc2ccc(Br)cc2)CC1. The molecule has 0 atom stereocenters. The lowest BCUT2D eigenvalue weighted by molar-refractivity contribution is 0.161. The van der Waals surface area contributed by atoms with Crippen molar-refractivity contribution in [3.63, 3.8) is 0 Å². The molecule has 1 aliphatic heterocycles. The Morgan fingerprint density at radius 1 is 1.22 bits per heavy atom. The van der Waals surface area contributed by atoms with Crippen LogP contribution in [0.3, 0.4) is 0 Å². The fourth-order valence-corrected chi connectivity index (χ4v) is 2.76. The summed E-state index contributed by atoms with van der Waals surface area (Å²) in [6.07, 6.45) is 2.45. The van der Waals surface area contributed by atoms with Gasteiger partial charge in [0.25, 0.3) is 0 Å². The quantitative estimate of drug-likeness (QED) is 0.761. The molecule has 2 rings (SSSR count). The van der Waals surface area contributed by atoms with Gasteiger partial charge in [-0.3, -0.25) is 4.90 Å². The van der Waals surface area contributed by atoms with E-state index in [1.54, 1.807) is 0 Å². The summed E-state index contributed by atoms with van der Waals surface area (Å²) in [4.78, 5) is 2.46. The van der Waals surface area contributed by atoms with E-state index in [4.69, 9.17) is 16.3 Å². The number of benzene rings is 1. The molecule has 0 saturated carbocycles. The normalized spacial score (nSPS) is 17.9. The standard InChI is InChI=1S/C14H19BrClNO/c15-13-1-3-14(4-2-13)18-10-9-17-7-5-12(11-16)6-8-17/h1-4,12H,5-11H2. The van der Waals surface area contributed by atoms with Gasteiger partial charge in [0.05, 0.1) is 0 Å². The molecule has 0 amide bonds. The van der Waals surface area contributed by atoms with Crippen LogP contribution in [0.15, 0.2) is 28.7 Å². The second kappa shape index (κ2) is 7.37. The molecule has 0 unspecified atom stereocenters. The van der Waals surface area contributed by atoms with Gasteiger partial charge in [0.2, 0.25) is 0 Å². The number of piperidine rings is 1. The lowest BCUT2D eigenvalue weighted by Crippen LogP contribution is -2.36. The molecule has 4 heteroatoms. The number of nitrogens with zero attached hydrogens (tertiary/aromatic N) is 1. The lowest BCUT2D eigenvalue weighted by atomic mass is 9.99. The third-order valence-corrected chi connectivity index (χ3v) is 4.38. The molecule has 1 fully saturated rings. The Balaban J connectivity index is 1.65. The topological polar surface area (TPSA) is 12.5 Å². The van der Waals surface area contributed by atoms with Gasteiger partial charge in [0.1, 0.15) is 12.4 Å². The summed E-state index contributed by atoms with van der Waals surface area (Å²) in [5.41, 5.74) is 0. The highest BCUT2D eigenvalue weighted by Crippen LogP contribution is 2.19. The molecule has 0 radical (unpaired) electrons. The second-order valence-corrected chi connectivity index (χ2v) is 5.97. The zero-order valence-corrected chi connectivity index (χ0v) is 12.8. The van der Waals surface area contributed by atoms with Crippen molar-refractivity contribution in [3.05, 3.63) is 28.7 Å². The molecule has 1 aromatic carbocycles. The van der Waals surface area contributed by atoms with Gasteiger partial charge in [-0.05, 0) is 56.1 Å². The zero-order valence-electron chi connectivity index (χ0n) is 10.4. The van der Waals surface area contributed by atoms with Gasteiger partial charge in [-0.1, -0.05) is 15.9 Å². The van der Waals surface area contributed by atoms with Crippen LogP contribution < -0.4 is 4.74 Å². The fraction of sp³-hybridized carbons (Fsp3) is 0.571. The van der Waals surface area contributed by atoms with Gasteiger partial charge in [0.15, 0.2) is 0 Å². The molecular weight excluding hydrogens is 314 g/mol. The Hall–Kier alpha value is -0.250. The Morgan fingerprint density at radius 3 is 2.50 bits per heavy atom. The summed E-state index contributed by atoms with van der Waals surface area (Å²) in [7, 11) is 0. The van der Waals surface area contributed by atoms with Crippen LogP contribution in [0, 0.1) is 5.92 Å². The highest BCUT2D eigenvalue weighted by Gasteiger charge is 2.17. The fourth-order valence-electron chi connectivity index (χ4n) is 2.19. The van der Waals surface area contributed by atoms with Crippen molar-refractivity contribution in [2.45, 2.75) is 12.8 Å². The molecule has 18 heavy (non-hydrogen) atoms. The minimum atomic E-state index is 0.718. The zero-order chi connectivity index (χ0) is 12.8. The summed E-state index contributed by atoms with van der Waals surface area (Å²) in [5, 5.41) is 0. The molecule has 0 bridgehead atoms. The van der Waals surface area contributed by atoms with Gasteiger partial charge in [-0.15, -0.1) is 11.6 Å². The molecule has 0 spiro atoms. The van der Waals surface area contributed by atoms with Gasteiger partial charge >= 0.3 is 0 Å². The molecule has 1 heterocycles. The summed E-state index contributed by atoms with van der Waals surface area (Å²) >= 11 is 9.29. The van der Waals surface area contributed by atoms with Crippen molar-refractivity contribution in [1.29, 1.82) is 0 Å². The average Bonchev–Trinajstić information content (AvgIpc) is 2.42. The number of likely N-dealkylation sites (tertiary alicyclic amines) is 1. The van der Waals surface area contributed by atoms with E-state index in [0.29, 0.717) is 0 Å². The summed E-state index contributed by atoms with van der Waals surface area (Å²) in [6, 6.07) is 7.98. The minimum Gasteiger partial charge on any atom is -0.492 e. The Morgan fingerprint density at radius 2 is 1.89 bits per heavy atom. The summed E-state index contributed by atoms with van der Waals surface area (Å²) in [5.74, 6) is 2.47. The van der Waals surface area contributed by atoms with Gasteiger partial charge in [-0.25, -0.2) is 0 Å². The number of hydrogen-bond acceptors (Lipinski definition) is 2. The molecule has 0 N–H and O–H groups in total. The first-order valence-corrected chi connectivity index (χ1v) is 7.77. The first kappa shape index (κ1) is 14.2. The first-order chi connectivity index (χ1) is 8.78. The van der Waals surface area contributed by atoms with Crippen molar-refractivity contribution in [1.82, 2.24) is 4.90 Å². The smallest absolute Gasteiger partial charge is 0.119 e. The van der Waals surface area contributed by atoms with Gasteiger partial charge in [-0.2, -0.15) is 0 Å². The van der Waals surface area contributed by atoms with Crippen LogP contribution in [0.5, 0.6) is 5.75 Å². The van der Waals surface area contributed by atoms with Crippen LogP contribution >= 0.6 is 27.5 Å². The van der Waals surface area contributed by atoms with Crippen molar-refractivity contribution in [3.8, 4) is 5.75 Å². The second-order valence-electron chi connectivity index (χ2n) is 4.74. The van der Waals surface area contributed by atoms with Crippen molar-refractivity contribution < 1.29 is 4.74 Å². The predicted octanol–water partition coefficient (Wildman–Crippen LogP) is 3.78. The molecule has 0 aromatic heterocycles. The largest absolute Gasteiger partial charge is 0.492 e. The monoisotopic (exact) mass is 331 g/mol. The van der Waals surface area contributed by atoms with Crippen LogP contribution in [0.25, 0.3) is 0 Å². The average molecular weight is 333 g/mol. The van der Waals surface area contributed by atoms with Crippen LogP contribution in [0.1, 0.15) is 12.8 Å². The van der Waals surface area contributed by atoms with E-state index >= 15 is 0 Å². The van der Waals surface area contributed by atoms with E-state index < -0.39 is 0 Å². The molecule has 1 saturated heterocycles. The number of hydrogen-bond donors (Lipinski definition) is 0. The number of rotatable bonds is 5. The third-order valence-electron chi connectivity index (χ3n) is 3.42. The Bertz CT molecular complexity index is 349. The Labute approximate surface area is 122 Å². The molecule has 1 aromatic rings. The number of ether oxygens (including phenoxy) is 1. The molecular formula is C14H19BrClNO. The predicted molar refractivity (Wildman–Crippen MR) is 79.5 cm³/mol. The summed E-state index contributed by atoms with van der Waals surface area (Å²) < 4.78 is 6.81. The minimum absolute atomic E-state index is 0.718. The van der Waals surface area contributed by atoms with Crippen molar-refractivity contribution >= 4 is 27.5 Å². The van der Waals surface area contributed by atoms with E-state index in [1.807, 2.05) is 24.3 Å². The van der Waals surface area contributed by atoms with E-state index in [2.05, 4.69) is 20.8 Å². The van der Waals surface area contributed by atoms with Crippen LogP contribution in [0.4, 0.5) is 0 Å². The molecule has 1 aliphatic rings. The molecule has 0 aliphatic carbocycles. The van der Waals surface area contributed by atoms with Crippen LogP contribution in [-0.4, -0.2) is 37.0 Å². The highest BCUT2D eigenvalue weighted by molar-refractivity contribution is 9.10. The maximum Gasteiger partial charge on any atom is 0.119 e. The first-order valence-electron chi connectivity index (χ1n) is 6.44. The molecule has 100 valence electrons. The van der Waals surface area contributed by atoms with Gasteiger partial charge < -0.3 is 4.74 Å². The number of alkyl halides is 1. The van der Waals surface area contributed by atoms with Gasteiger partial charge in [0, 0.05) is 16.9 Å². The van der Waals surface area contributed by atoms with Crippen LogP contribution in [0.2, 0.25) is 0 Å². The molecule has 2 nitrogen and oxygen atoms in total. The van der Waals surface area contributed by atoms with E-state index in [9.17, 15) is 0 Å². The van der Waals surface area contributed by atoms with E-state index in [0.717, 1.165) is 48.3 Å². The summed E-state index contributed by atoms with van der Waals surface area (Å²) in [6.45, 7) is 4.07. The lowest BCUT2D eigenvalue weighted by Gasteiger charge is -2.30. The van der Waals surface area contributed by atoms with Crippen molar-refractivity contribution in [2.24, 2.45) is 5.92 Å². The van der Waals surface area contributed by atoms with Crippen LogP contribution in [-0.2, 0) is 0 Å². The number of halogens is 2. The van der Waals surface area contributed by atoms with Crippen molar-refractivity contribution in [2.75, 3.05) is 32.1 Å². The third kappa shape index (κ3) is 4.45. The maximum absolute atomic E-state index is 5.88. The van der Waals surface area contributed by atoms with E-state index in [-0.39, 0.29) is 0 Å². The Kier molecular flexibility index (Phi) is 5.80. The highest BCUT2D eigenvalue weighted by atomic mass is 79.9. The van der Waals surface area contributed by atoms with E-state index in [1.165, 1.54) is 12.8 Å². The maximum atomic E-state index is 5.88.